The molecule has 240 valence electrons. The number of alkyl halides is 2. The van der Waals surface area contributed by atoms with E-state index < -0.39 is 36.8 Å². The van der Waals surface area contributed by atoms with Crippen LogP contribution in [0.3, 0.4) is 0 Å². The molecule has 4 heterocycles. The first-order valence-electron chi connectivity index (χ1n) is 14.9. The molecule has 3 aliphatic rings. The van der Waals surface area contributed by atoms with Crippen molar-refractivity contribution in [3.05, 3.63) is 82.8 Å². The van der Waals surface area contributed by atoms with Crippen molar-refractivity contribution >= 4 is 46.7 Å². The Kier molecular flexibility index (Phi) is 8.59. The maximum atomic E-state index is 14.3. The summed E-state index contributed by atoms with van der Waals surface area (Å²) >= 11 is 0.997. The molecule has 3 aromatic rings. The molecule has 0 bridgehead atoms. The van der Waals surface area contributed by atoms with Crippen LogP contribution in [0.1, 0.15) is 52.4 Å². The summed E-state index contributed by atoms with van der Waals surface area (Å²) in [5, 5.41) is 12.8. The van der Waals surface area contributed by atoms with Gasteiger partial charge in [-0.25, -0.2) is 0 Å². The van der Waals surface area contributed by atoms with Crippen LogP contribution in [0.25, 0.3) is 10.1 Å². The van der Waals surface area contributed by atoms with Crippen molar-refractivity contribution in [3.63, 3.8) is 0 Å². The molecule has 2 aromatic carbocycles. The molecule has 2 saturated heterocycles. The number of thiophene rings is 1. The second-order valence-electron chi connectivity index (χ2n) is 11.9. The van der Waals surface area contributed by atoms with Gasteiger partial charge in [-0.3, -0.25) is 18.9 Å². The summed E-state index contributed by atoms with van der Waals surface area (Å²) < 4.78 is 40.3. The third kappa shape index (κ3) is 5.86. The second kappa shape index (κ2) is 12.3. The number of benzene rings is 2. The predicted octanol–water partition coefficient (Wildman–Crippen LogP) is 4.70. The molecule has 3 amide bonds. The lowest BCUT2D eigenvalue weighted by atomic mass is 9.90. The quantitative estimate of drug-likeness (QED) is 0.255. The van der Waals surface area contributed by atoms with E-state index in [-0.39, 0.29) is 52.9 Å². The van der Waals surface area contributed by atoms with Gasteiger partial charge in [-0.2, -0.15) is 14.0 Å². The predicted molar refractivity (Wildman–Crippen MR) is 166 cm³/mol. The summed E-state index contributed by atoms with van der Waals surface area (Å²) in [6, 6.07) is 14.4. The first kappa shape index (κ1) is 32.0. The van der Waals surface area contributed by atoms with Crippen LogP contribution in [0.4, 0.5) is 8.78 Å². The fraction of sp³-hybridized carbons (Fsp3) is 0.375. The largest absolute Gasteiger partial charge is 0.399 e. The summed E-state index contributed by atoms with van der Waals surface area (Å²) in [5.41, 5.74) is -4.28. The number of fused-ring (bicyclic) bond motifs is 2. The zero-order chi connectivity index (χ0) is 32.8. The number of carbonyl (C=O) groups is 3. The van der Waals surface area contributed by atoms with Gasteiger partial charge in [-0.05, 0) is 54.8 Å². The molecule has 46 heavy (non-hydrogen) atoms. The summed E-state index contributed by atoms with van der Waals surface area (Å²) in [7, 11) is -5.77. The van der Waals surface area contributed by atoms with E-state index in [1.807, 2.05) is 42.5 Å². The number of nitrogens with zero attached hydrogens (tertiary/aromatic N) is 3. The van der Waals surface area contributed by atoms with Crippen LogP contribution in [0.2, 0.25) is 0 Å². The van der Waals surface area contributed by atoms with E-state index in [0.717, 1.165) is 29.0 Å². The van der Waals surface area contributed by atoms with Gasteiger partial charge in [-0.1, -0.05) is 48.6 Å². The summed E-state index contributed by atoms with van der Waals surface area (Å²) in [5.74, 6) is -1.73. The molecule has 5 atom stereocenters. The Morgan fingerprint density at radius 2 is 1.83 bits per heavy atom. The third-order valence-electron chi connectivity index (χ3n) is 9.03. The molecule has 3 aliphatic heterocycles. The van der Waals surface area contributed by atoms with Crippen LogP contribution in [-0.2, 0) is 19.8 Å². The Morgan fingerprint density at radius 3 is 2.54 bits per heavy atom. The Morgan fingerprint density at radius 1 is 1.07 bits per heavy atom. The lowest BCUT2D eigenvalue weighted by Gasteiger charge is -2.34. The highest BCUT2D eigenvalue weighted by Crippen LogP contribution is 2.59. The summed E-state index contributed by atoms with van der Waals surface area (Å²) in [4.78, 5) is 62.8. The Labute approximate surface area is 267 Å². The molecular weight excluding hydrogens is 637 g/mol. The zero-order valence-electron chi connectivity index (χ0n) is 24.5. The highest BCUT2D eigenvalue weighted by atomic mass is 32.1. The molecular formula is C32H31F2N4O6PS. The fourth-order valence-electron chi connectivity index (χ4n) is 6.64. The molecule has 3 N–H and O–H groups in total. The number of amides is 3. The van der Waals surface area contributed by atoms with E-state index in [9.17, 15) is 33.0 Å². The van der Waals surface area contributed by atoms with Crippen molar-refractivity contribution in [2.75, 3.05) is 13.1 Å². The SMILES string of the molecule is N#C[C@H]1CN(C(=O)[C@@H]2CC[C@@H]3/C=C\CC[C@H](NC(=O)c4cc5cc(C(F)(F)P(=O)(O)O)ccc5s4)C(=O)N32)CC1c1ccccc1. The maximum Gasteiger partial charge on any atom is 0.399 e. The van der Waals surface area contributed by atoms with E-state index in [1.54, 1.807) is 9.80 Å². The number of nitriles is 1. The molecule has 10 nitrogen and oxygen atoms in total. The Bertz CT molecular complexity index is 1800. The number of rotatable bonds is 6. The van der Waals surface area contributed by atoms with Gasteiger partial charge in [-0.15, -0.1) is 11.3 Å². The normalized spacial score (nSPS) is 25.9. The third-order valence-corrected chi connectivity index (χ3v) is 11.1. The van der Waals surface area contributed by atoms with Crippen LogP contribution in [0.15, 0.2) is 66.7 Å². The average molecular weight is 669 g/mol. The van der Waals surface area contributed by atoms with Crippen molar-refractivity contribution in [2.24, 2.45) is 5.92 Å². The van der Waals surface area contributed by atoms with E-state index >= 15 is 0 Å². The number of hydrogen-bond donors (Lipinski definition) is 3. The first-order valence-corrected chi connectivity index (χ1v) is 17.3. The van der Waals surface area contributed by atoms with Crippen molar-refractivity contribution in [3.8, 4) is 6.07 Å². The molecule has 6 rings (SSSR count). The highest BCUT2D eigenvalue weighted by molar-refractivity contribution is 7.52. The van der Waals surface area contributed by atoms with E-state index in [0.29, 0.717) is 30.5 Å². The van der Waals surface area contributed by atoms with Crippen molar-refractivity contribution < 1.29 is 37.5 Å². The van der Waals surface area contributed by atoms with Crippen LogP contribution < -0.4 is 5.32 Å². The van der Waals surface area contributed by atoms with Crippen LogP contribution >= 0.6 is 18.9 Å². The van der Waals surface area contributed by atoms with Crippen molar-refractivity contribution in [1.29, 1.82) is 5.26 Å². The molecule has 1 unspecified atom stereocenters. The standard InChI is InChI=1S/C32H31F2N4O6PS/c33-32(34,45(42,43)44)22-10-13-27-20(14-22)15-28(46-27)29(39)36-25-9-5-4-8-23-11-12-26(38(23)30(25)40)31(41)37-17-21(16-35)24(18-37)19-6-2-1-3-7-19/h1-4,6-8,10,13-15,21,23-26H,5,9,11-12,17-18H2,(H,36,39)(H2,42,43,44)/b8-4-/t21-,23-,24?,25-,26-/m0/s1. The summed E-state index contributed by atoms with van der Waals surface area (Å²) in [6.45, 7) is 0.635. The lowest BCUT2D eigenvalue weighted by molar-refractivity contribution is -0.145. The van der Waals surface area contributed by atoms with E-state index in [1.165, 1.54) is 12.1 Å². The molecule has 14 heteroatoms. The van der Waals surface area contributed by atoms with Gasteiger partial charge >= 0.3 is 13.3 Å². The van der Waals surface area contributed by atoms with Gasteiger partial charge in [0.1, 0.15) is 12.1 Å². The van der Waals surface area contributed by atoms with Gasteiger partial charge < -0.3 is 24.9 Å². The monoisotopic (exact) mass is 668 g/mol. The van der Waals surface area contributed by atoms with Gasteiger partial charge in [0.2, 0.25) is 11.8 Å². The van der Waals surface area contributed by atoms with Crippen LogP contribution in [0, 0.1) is 17.2 Å². The van der Waals surface area contributed by atoms with Gasteiger partial charge in [0, 0.05) is 29.3 Å². The van der Waals surface area contributed by atoms with E-state index in [4.69, 9.17) is 9.79 Å². The second-order valence-corrected chi connectivity index (χ2v) is 14.6. The average Bonchev–Trinajstić information content (AvgIpc) is 3.77. The highest BCUT2D eigenvalue weighted by Gasteiger charge is 2.50. The molecule has 0 spiro atoms. The molecule has 1 aromatic heterocycles. The lowest BCUT2D eigenvalue weighted by Crippen LogP contribution is -2.56. The molecule has 0 radical (unpaired) electrons. The van der Waals surface area contributed by atoms with Crippen molar-refractivity contribution in [2.45, 2.75) is 55.4 Å². The van der Waals surface area contributed by atoms with Gasteiger partial charge in [0.05, 0.1) is 22.9 Å². The van der Waals surface area contributed by atoms with Gasteiger partial charge in [0.15, 0.2) is 0 Å². The Hall–Kier alpha value is -3.95. The zero-order valence-corrected chi connectivity index (χ0v) is 26.2. The minimum absolute atomic E-state index is 0.134. The molecule has 2 fully saturated rings. The van der Waals surface area contributed by atoms with Crippen LogP contribution in [0.5, 0.6) is 0 Å². The number of carbonyl (C=O) groups excluding carboxylic acids is 3. The minimum Gasteiger partial charge on any atom is -0.340 e. The Balaban J connectivity index is 1.20. The number of nitrogens with one attached hydrogen (secondary N) is 1. The molecule has 0 saturated carbocycles. The van der Waals surface area contributed by atoms with Crippen molar-refractivity contribution in [1.82, 2.24) is 15.1 Å². The van der Waals surface area contributed by atoms with Gasteiger partial charge in [0.25, 0.3) is 5.91 Å². The first-order chi connectivity index (χ1) is 21.9. The number of halogens is 2. The molecule has 0 aliphatic carbocycles. The maximum absolute atomic E-state index is 14.3. The fourth-order valence-corrected chi connectivity index (χ4v) is 8.06. The smallest absolute Gasteiger partial charge is 0.340 e. The number of likely N-dealkylation sites (tertiary alicyclic amines) is 1. The number of allylic oxidation sites excluding steroid dienone is 1. The summed E-state index contributed by atoms with van der Waals surface area (Å²) in [6.07, 6.45) is 5.68. The van der Waals surface area contributed by atoms with E-state index in [2.05, 4.69) is 11.4 Å². The number of hydrogen-bond acceptors (Lipinski definition) is 6. The minimum atomic E-state index is -5.77. The topological polar surface area (TPSA) is 151 Å². The van der Waals surface area contributed by atoms with Crippen LogP contribution in [-0.4, -0.2) is 68.5 Å².